The molecule has 0 radical (unpaired) electrons. The molecule has 2 heterocycles. The second-order valence-electron chi connectivity index (χ2n) is 3.90. The zero-order chi connectivity index (χ0) is 11.9. The van der Waals surface area contributed by atoms with Crippen molar-refractivity contribution in [1.29, 1.82) is 0 Å². The standard InChI is InChI=1S/C11H11BrN2O2/c1-6-7(2)11(16)14(10(6)15)9-8(12)4-3-5-13-9/h3-7H,1-2H3. The van der Waals surface area contributed by atoms with Crippen LogP contribution < -0.4 is 4.90 Å². The number of aromatic nitrogens is 1. The largest absolute Gasteiger partial charge is 0.274 e. The normalized spacial score (nSPS) is 25.3. The van der Waals surface area contributed by atoms with Crippen molar-refractivity contribution in [2.45, 2.75) is 13.8 Å². The smallest absolute Gasteiger partial charge is 0.238 e. The van der Waals surface area contributed by atoms with Crippen molar-refractivity contribution in [3.63, 3.8) is 0 Å². The summed E-state index contributed by atoms with van der Waals surface area (Å²) in [6.45, 7) is 3.53. The maximum atomic E-state index is 11.9. The molecule has 1 aromatic heterocycles. The molecule has 2 amide bonds. The monoisotopic (exact) mass is 282 g/mol. The molecule has 16 heavy (non-hydrogen) atoms. The van der Waals surface area contributed by atoms with Gasteiger partial charge in [-0.25, -0.2) is 9.88 Å². The van der Waals surface area contributed by atoms with Crippen LogP contribution in [0.4, 0.5) is 5.82 Å². The summed E-state index contributed by atoms with van der Waals surface area (Å²) in [5.41, 5.74) is 0. The number of imide groups is 1. The summed E-state index contributed by atoms with van der Waals surface area (Å²) in [7, 11) is 0. The first kappa shape index (κ1) is 11.3. The maximum absolute atomic E-state index is 11.9. The Bertz CT molecular complexity index is 441. The van der Waals surface area contributed by atoms with Crippen LogP contribution in [-0.2, 0) is 9.59 Å². The van der Waals surface area contributed by atoms with Crippen LogP contribution in [0, 0.1) is 11.8 Å². The Morgan fingerprint density at radius 3 is 2.31 bits per heavy atom. The van der Waals surface area contributed by atoms with Gasteiger partial charge in [-0.3, -0.25) is 9.59 Å². The van der Waals surface area contributed by atoms with Gasteiger partial charge in [-0.05, 0) is 28.1 Å². The lowest BCUT2D eigenvalue weighted by atomic mass is 10.00. The summed E-state index contributed by atoms with van der Waals surface area (Å²) in [6, 6.07) is 3.50. The highest BCUT2D eigenvalue weighted by atomic mass is 79.9. The fraction of sp³-hybridized carbons (Fsp3) is 0.364. The molecule has 1 fully saturated rings. The third-order valence-electron chi connectivity index (χ3n) is 2.92. The SMILES string of the molecule is CC1C(=O)N(c2ncccc2Br)C(=O)C1C. The van der Waals surface area contributed by atoms with Crippen molar-refractivity contribution in [3.05, 3.63) is 22.8 Å². The highest BCUT2D eigenvalue weighted by molar-refractivity contribution is 9.10. The van der Waals surface area contributed by atoms with Crippen LogP contribution in [0.25, 0.3) is 0 Å². The van der Waals surface area contributed by atoms with Gasteiger partial charge in [0.1, 0.15) is 0 Å². The van der Waals surface area contributed by atoms with Crippen LogP contribution in [0.5, 0.6) is 0 Å². The lowest BCUT2D eigenvalue weighted by Crippen LogP contribution is -2.31. The zero-order valence-corrected chi connectivity index (χ0v) is 10.6. The number of hydrogen-bond donors (Lipinski definition) is 0. The van der Waals surface area contributed by atoms with Crippen LogP contribution in [0.2, 0.25) is 0 Å². The molecule has 84 valence electrons. The summed E-state index contributed by atoms with van der Waals surface area (Å²) in [6.07, 6.45) is 1.56. The molecule has 2 atom stereocenters. The van der Waals surface area contributed by atoms with Gasteiger partial charge in [0.25, 0.3) is 0 Å². The van der Waals surface area contributed by atoms with E-state index in [0.717, 1.165) is 0 Å². The summed E-state index contributed by atoms with van der Waals surface area (Å²) in [5, 5.41) is 0. The second-order valence-corrected chi connectivity index (χ2v) is 4.75. The molecular weight excluding hydrogens is 272 g/mol. The number of pyridine rings is 1. The summed E-state index contributed by atoms with van der Waals surface area (Å²) in [5.74, 6) is -0.537. The van der Waals surface area contributed by atoms with E-state index >= 15 is 0 Å². The van der Waals surface area contributed by atoms with Gasteiger partial charge in [0, 0.05) is 18.0 Å². The minimum atomic E-state index is -0.276. The molecule has 0 saturated carbocycles. The Labute approximate surface area is 102 Å². The Kier molecular flexibility index (Phi) is 2.80. The van der Waals surface area contributed by atoms with E-state index in [2.05, 4.69) is 20.9 Å². The van der Waals surface area contributed by atoms with Crippen molar-refractivity contribution in [1.82, 2.24) is 4.98 Å². The number of halogens is 1. The van der Waals surface area contributed by atoms with Gasteiger partial charge in [-0.2, -0.15) is 0 Å². The highest BCUT2D eigenvalue weighted by Gasteiger charge is 2.44. The number of carbonyl (C=O) groups is 2. The molecule has 2 rings (SSSR count). The van der Waals surface area contributed by atoms with Crippen LogP contribution in [0.1, 0.15) is 13.8 Å². The predicted octanol–water partition coefficient (Wildman–Crippen LogP) is 1.99. The molecule has 0 aliphatic carbocycles. The Hall–Kier alpha value is -1.23. The highest BCUT2D eigenvalue weighted by Crippen LogP contribution is 2.32. The molecule has 1 aliphatic heterocycles. The first-order chi connectivity index (χ1) is 7.54. The molecule has 2 unspecified atom stereocenters. The minimum absolute atomic E-state index is 0.183. The number of nitrogens with zero attached hydrogens (tertiary/aromatic N) is 2. The van der Waals surface area contributed by atoms with E-state index in [1.54, 1.807) is 32.2 Å². The predicted molar refractivity (Wildman–Crippen MR) is 62.8 cm³/mol. The van der Waals surface area contributed by atoms with Gasteiger partial charge in [0.15, 0.2) is 5.82 Å². The molecule has 1 aromatic rings. The number of anilines is 1. The molecule has 0 bridgehead atoms. The van der Waals surface area contributed by atoms with Gasteiger partial charge in [-0.15, -0.1) is 0 Å². The van der Waals surface area contributed by atoms with Gasteiger partial charge in [-0.1, -0.05) is 13.8 Å². The minimum Gasteiger partial charge on any atom is -0.274 e. The van der Waals surface area contributed by atoms with Crippen molar-refractivity contribution in [2.24, 2.45) is 11.8 Å². The lowest BCUT2D eigenvalue weighted by molar-refractivity contribution is -0.122. The fourth-order valence-corrected chi connectivity index (χ4v) is 2.13. The van der Waals surface area contributed by atoms with E-state index in [1.807, 2.05) is 0 Å². The van der Waals surface area contributed by atoms with E-state index in [4.69, 9.17) is 0 Å². The van der Waals surface area contributed by atoms with Gasteiger partial charge < -0.3 is 0 Å². The van der Waals surface area contributed by atoms with E-state index in [9.17, 15) is 9.59 Å². The third-order valence-corrected chi connectivity index (χ3v) is 3.54. The van der Waals surface area contributed by atoms with Crippen LogP contribution >= 0.6 is 15.9 Å². The van der Waals surface area contributed by atoms with Crippen molar-refractivity contribution < 1.29 is 9.59 Å². The van der Waals surface area contributed by atoms with Gasteiger partial charge in [0.05, 0.1) is 4.47 Å². The average Bonchev–Trinajstić information content (AvgIpc) is 2.45. The van der Waals surface area contributed by atoms with Crippen LogP contribution in [0.15, 0.2) is 22.8 Å². The molecule has 5 heteroatoms. The lowest BCUT2D eigenvalue weighted by Gasteiger charge is -2.14. The molecule has 0 aromatic carbocycles. The zero-order valence-electron chi connectivity index (χ0n) is 8.98. The van der Waals surface area contributed by atoms with Crippen molar-refractivity contribution in [3.8, 4) is 0 Å². The van der Waals surface area contributed by atoms with Crippen molar-refractivity contribution in [2.75, 3.05) is 4.90 Å². The van der Waals surface area contributed by atoms with E-state index in [0.29, 0.717) is 10.3 Å². The van der Waals surface area contributed by atoms with Crippen LogP contribution in [-0.4, -0.2) is 16.8 Å². The maximum Gasteiger partial charge on any atom is 0.238 e. The number of amides is 2. The summed E-state index contributed by atoms with van der Waals surface area (Å²) < 4.78 is 0.651. The number of rotatable bonds is 1. The second kappa shape index (κ2) is 3.97. The topological polar surface area (TPSA) is 50.3 Å². The Morgan fingerprint density at radius 2 is 1.81 bits per heavy atom. The van der Waals surface area contributed by atoms with Crippen LogP contribution in [0.3, 0.4) is 0 Å². The van der Waals surface area contributed by atoms with E-state index < -0.39 is 0 Å². The average molecular weight is 283 g/mol. The third kappa shape index (κ3) is 1.55. The Morgan fingerprint density at radius 1 is 1.25 bits per heavy atom. The number of carbonyl (C=O) groups excluding carboxylic acids is 2. The molecular formula is C11H11BrN2O2. The van der Waals surface area contributed by atoms with Gasteiger partial charge >= 0.3 is 0 Å². The fourth-order valence-electron chi connectivity index (χ4n) is 1.69. The number of hydrogen-bond acceptors (Lipinski definition) is 3. The molecule has 0 spiro atoms. The van der Waals surface area contributed by atoms with E-state index in [-0.39, 0.29) is 23.7 Å². The van der Waals surface area contributed by atoms with Crippen molar-refractivity contribution >= 4 is 33.6 Å². The quantitative estimate of drug-likeness (QED) is 0.741. The first-order valence-electron chi connectivity index (χ1n) is 5.02. The van der Waals surface area contributed by atoms with E-state index in [1.165, 1.54) is 4.90 Å². The summed E-state index contributed by atoms with van der Waals surface area (Å²) in [4.78, 5) is 29.1. The summed E-state index contributed by atoms with van der Waals surface area (Å²) >= 11 is 3.29. The molecule has 1 aliphatic rings. The first-order valence-corrected chi connectivity index (χ1v) is 5.81. The molecule has 0 N–H and O–H groups in total. The van der Waals surface area contributed by atoms with Gasteiger partial charge in [0.2, 0.25) is 11.8 Å². The molecule has 4 nitrogen and oxygen atoms in total. The Balaban J connectivity index is 2.47. The molecule has 1 saturated heterocycles.